The van der Waals surface area contributed by atoms with Crippen LogP contribution in [0.4, 0.5) is 5.69 Å². The molecule has 0 aromatic heterocycles. The van der Waals surface area contributed by atoms with Crippen LogP contribution < -0.4 is 15.2 Å². The van der Waals surface area contributed by atoms with E-state index in [1.165, 1.54) is 34.8 Å². The molecule has 1 saturated heterocycles. The molecule has 0 unspecified atom stereocenters. The molecular formula is C29H35NO10S. The Morgan fingerprint density at radius 3 is 1.98 bits per heavy atom. The SMILES string of the molecule is COc1cc(C)c(Cc2ccc(N)cc2)c(O[C@@H]2S[C@H](COC(C)=O)[C@@H](OC(C)=O)[C@H](OC(C)=O)[C@H]2OC(C)=O)c1. The first kappa shape index (κ1) is 31.6. The van der Waals surface area contributed by atoms with Crippen molar-refractivity contribution in [3.8, 4) is 11.5 Å². The molecule has 12 heteroatoms. The number of carbonyl (C=O) groups is 4. The average Bonchev–Trinajstić information content (AvgIpc) is 2.88. The largest absolute Gasteiger partial charge is 0.497 e. The van der Waals surface area contributed by atoms with Crippen molar-refractivity contribution in [2.24, 2.45) is 0 Å². The molecule has 0 aliphatic carbocycles. The van der Waals surface area contributed by atoms with Crippen LogP contribution in [0.5, 0.6) is 11.5 Å². The smallest absolute Gasteiger partial charge is 0.303 e. The summed E-state index contributed by atoms with van der Waals surface area (Å²) in [6.45, 7) is 6.57. The summed E-state index contributed by atoms with van der Waals surface area (Å²) >= 11 is 1.13. The van der Waals surface area contributed by atoms with E-state index in [-0.39, 0.29) is 6.61 Å². The van der Waals surface area contributed by atoms with Gasteiger partial charge in [-0.05, 0) is 36.2 Å². The number of hydrogen-bond donors (Lipinski definition) is 1. The second-order valence-electron chi connectivity index (χ2n) is 9.52. The fourth-order valence-electron chi connectivity index (χ4n) is 4.45. The number of anilines is 1. The second-order valence-corrected chi connectivity index (χ2v) is 10.9. The molecule has 1 fully saturated rings. The molecule has 1 heterocycles. The molecule has 5 atom stereocenters. The highest BCUT2D eigenvalue weighted by Gasteiger charge is 2.53. The molecule has 1 aliphatic rings. The van der Waals surface area contributed by atoms with Gasteiger partial charge in [0.25, 0.3) is 0 Å². The Morgan fingerprint density at radius 1 is 0.829 bits per heavy atom. The quantitative estimate of drug-likeness (QED) is 0.246. The van der Waals surface area contributed by atoms with Crippen LogP contribution in [-0.4, -0.2) is 66.6 Å². The average molecular weight is 590 g/mol. The van der Waals surface area contributed by atoms with Crippen molar-refractivity contribution in [1.82, 2.24) is 0 Å². The molecule has 0 bridgehead atoms. The van der Waals surface area contributed by atoms with Crippen molar-refractivity contribution >= 4 is 41.3 Å². The summed E-state index contributed by atoms with van der Waals surface area (Å²) in [7, 11) is 1.53. The zero-order chi connectivity index (χ0) is 30.3. The van der Waals surface area contributed by atoms with Crippen molar-refractivity contribution in [2.45, 2.75) is 70.0 Å². The van der Waals surface area contributed by atoms with Crippen molar-refractivity contribution in [3.63, 3.8) is 0 Å². The predicted octanol–water partition coefficient (Wildman–Crippen LogP) is 3.36. The van der Waals surface area contributed by atoms with Crippen molar-refractivity contribution in [2.75, 3.05) is 19.5 Å². The van der Waals surface area contributed by atoms with E-state index in [1.807, 2.05) is 25.1 Å². The fraction of sp³-hybridized carbons (Fsp3) is 0.448. The first-order valence-corrected chi connectivity index (χ1v) is 13.8. The van der Waals surface area contributed by atoms with Gasteiger partial charge in [-0.2, -0.15) is 0 Å². The highest BCUT2D eigenvalue weighted by Crippen LogP contribution is 2.41. The predicted molar refractivity (Wildman–Crippen MR) is 150 cm³/mol. The van der Waals surface area contributed by atoms with Gasteiger partial charge in [0.15, 0.2) is 23.7 Å². The molecule has 0 spiro atoms. The summed E-state index contributed by atoms with van der Waals surface area (Å²) in [6, 6.07) is 11.0. The third-order valence-corrected chi connectivity index (χ3v) is 7.58. The molecule has 0 saturated carbocycles. The van der Waals surface area contributed by atoms with Gasteiger partial charge in [-0.3, -0.25) is 19.2 Å². The lowest BCUT2D eigenvalue weighted by Crippen LogP contribution is -2.59. The van der Waals surface area contributed by atoms with E-state index in [0.29, 0.717) is 23.6 Å². The molecule has 2 aromatic carbocycles. The summed E-state index contributed by atoms with van der Waals surface area (Å²) in [5, 5.41) is -0.726. The normalized spacial score (nSPS) is 21.8. The van der Waals surface area contributed by atoms with Gasteiger partial charge < -0.3 is 34.2 Å². The minimum absolute atomic E-state index is 0.183. The Morgan fingerprint density at radius 2 is 1.41 bits per heavy atom. The highest BCUT2D eigenvalue weighted by atomic mass is 32.2. The third kappa shape index (κ3) is 8.78. The van der Waals surface area contributed by atoms with Gasteiger partial charge in [0.1, 0.15) is 18.1 Å². The molecular weight excluding hydrogens is 554 g/mol. The number of methoxy groups -OCH3 is 1. The molecule has 11 nitrogen and oxygen atoms in total. The standard InChI is InChI=1S/C29H35NO10S/c1-15-11-22(35-6)13-24(23(15)12-20-7-9-21(30)10-8-20)40-29-28(39-19(5)34)27(38-18(4)33)26(37-17(3)32)25(41-29)14-36-16(2)31/h7-11,13,25-29H,12,14,30H2,1-6H3/t25-,26-,27+,28-,29-/m1/s1. The van der Waals surface area contributed by atoms with Crippen LogP contribution in [0, 0.1) is 6.92 Å². The number of aryl methyl sites for hydroxylation is 1. The number of ether oxygens (including phenoxy) is 6. The first-order chi connectivity index (χ1) is 19.4. The number of esters is 4. The van der Waals surface area contributed by atoms with Gasteiger partial charge in [0.05, 0.1) is 12.4 Å². The van der Waals surface area contributed by atoms with Crippen molar-refractivity contribution in [1.29, 1.82) is 0 Å². The van der Waals surface area contributed by atoms with Gasteiger partial charge in [-0.15, -0.1) is 11.8 Å². The van der Waals surface area contributed by atoms with Gasteiger partial charge >= 0.3 is 23.9 Å². The van der Waals surface area contributed by atoms with E-state index in [9.17, 15) is 19.2 Å². The van der Waals surface area contributed by atoms with Crippen LogP contribution in [0.1, 0.15) is 44.4 Å². The number of nitrogen functional groups attached to an aromatic ring is 1. The Kier molecular flexibility index (Phi) is 10.9. The summed E-state index contributed by atoms with van der Waals surface area (Å²) in [5.41, 5.74) is 8.22. The molecule has 3 rings (SSSR count). The number of carbonyl (C=O) groups excluding carboxylic acids is 4. The number of nitrogens with two attached hydrogens (primary N) is 1. The zero-order valence-electron chi connectivity index (χ0n) is 23.8. The number of rotatable bonds is 10. The minimum atomic E-state index is -1.25. The summed E-state index contributed by atoms with van der Waals surface area (Å²) in [4.78, 5) is 48.1. The van der Waals surface area contributed by atoms with Gasteiger partial charge in [0, 0.05) is 51.4 Å². The minimum Gasteiger partial charge on any atom is -0.497 e. The Hall–Kier alpha value is -3.93. The molecule has 222 valence electrons. The summed E-state index contributed by atoms with van der Waals surface area (Å²) in [6.07, 6.45) is -3.05. The summed E-state index contributed by atoms with van der Waals surface area (Å²) in [5.74, 6) is -1.59. The van der Waals surface area contributed by atoms with E-state index in [2.05, 4.69) is 0 Å². The lowest BCUT2D eigenvalue weighted by molar-refractivity contribution is -0.190. The lowest BCUT2D eigenvalue weighted by atomic mass is 9.98. The van der Waals surface area contributed by atoms with E-state index in [0.717, 1.165) is 28.5 Å². The Labute approximate surface area is 242 Å². The third-order valence-electron chi connectivity index (χ3n) is 6.19. The molecule has 0 radical (unpaired) electrons. The highest BCUT2D eigenvalue weighted by molar-refractivity contribution is 8.00. The van der Waals surface area contributed by atoms with Crippen LogP contribution in [0.2, 0.25) is 0 Å². The van der Waals surface area contributed by atoms with Crippen LogP contribution in [-0.2, 0) is 44.5 Å². The maximum absolute atomic E-state index is 12.2. The molecule has 2 aromatic rings. The van der Waals surface area contributed by atoms with Crippen LogP contribution in [0.15, 0.2) is 36.4 Å². The number of thioether (sulfide) groups is 1. The Bertz CT molecular complexity index is 1260. The van der Waals surface area contributed by atoms with Crippen LogP contribution in [0.25, 0.3) is 0 Å². The van der Waals surface area contributed by atoms with Gasteiger partial charge in [0.2, 0.25) is 0 Å². The lowest BCUT2D eigenvalue weighted by Gasteiger charge is -2.43. The zero-order valence-corrected chi connectivity index (χ0v) is 24.6. The van der Waals surface area contributed by atoms with E-state index in [4.69, 9.17) is 34.2 Å². The molecule has 1 aliphatic heterocycles. The number of hydrogen-bond acceptors (Lipinski definition) is 12. The van der Waals surface area contributed by atoms with Crippen molar-refractivity contribution in [3.05, 3.63) is 53.1 Å². The van der Waals surface area contributed by atoms with E-state index in [1.54, 1.807) is 18.2 Å². The van der Waals surface area contributed by atoms with E-state index < -0.39 is 52.9 Å². The fourth-order valence-corrected chi connectivity index (χ4v) is 5.83. The molecule has 0 amide bonds. The van der Waals surface area contributed by atoms with Gasteiger partial charge in [-0.1, -0.05) is 12.1 Å². The first-order valence-electron chi connectivity index (χ1n) is 12.9. The monoisotopic (exact) mass is 589 g/mol. The van der Waals surface area contributed by atoms with E-state index >= 15 is 0 Å². The maximum atomic E-state index is 12.2. The Balaban J connectivity index is 2.09. The second kappa shape index (κ2) is 14.1. The molecule has 2 N–H and O–H groups in total. The van der Waals surface area contributed by atoms with Crippen LogP contribution in [0.3, 0.4) is 0 Å². The maximum Gasteiger partial charge on any atom is 0.303 e. The van der Waals surface area contributed by atoms with Crippen LogP contribution >= 0.6 is 11.8 Å². The topological polar surface area (TPSA) is 150 Å². The number of benzene rings is 2. The van der Waals surface area contributed by atoms with Crippen molar-refractivity contribution < 1.29 is 47.6 Å². The summed E-state index contributed by atoms with van der Waals surface area (Å²) < 4.78 is 34.0. The molecule has 41 heavy (non-hydrogen) atoms. The van der Waals surface area contributed by atoms with Gasteiger partial charge in [-0.25, -0.2) is 0 Å².